The van der Waals surface area contributed by atoms with Crippen molar-refractivity contribution in [3.05, 3.63) is 130 Å². The van der Waals surface area contributed by atoms with Gasteiger partial charge in [-0.1, -0.05) is 81.8 Å². The Kier molecular flexibility index (Phi) is 8.76. The Morgan fingerprint density at radius 2 is 1.77 bits per heavy atom. The van der Waals surface area contributed by atoms with Crippen LogP contribution in [0.5, 0.6) is 0 Å². The van der Waals surface area contributed by atoms with E-state index >= 15 is 0 Å². The first-order valence-electron chi connectivity index (χ1n) is 14.0. The van der Waals surface area contributed by atoms with Gasteiger partial charge in [-0.05, 0) is 66.9 Å². The number of hydrazone groups is 1. The van der Waals surface area contributed by atoms with E-state index in [1.807, 2.05) is 66.9 Å². The SMILES string of the molecule is Cc1ccc([C@@H]2CC(c3ccc(Br)cc3)=NN2C(=O)CSc2nnc(CNC(=O)c3ccco3)n2-c2cccc(C)c2)cc1. The van der Waals surface area contributed by atoms with Crippen molar-refractivity contribution in [3.63, 3.8) is 0 Å². The first-order chi connectivity index (χ1) is 21.4. The maximum Gasteiger partial charge on any atom is 0.287 e. The van der Waals surface area contributed by atoms with Crippen molar-refractivity contribution in [1.29, 1.82) is 0 Å². The van der Waals surface area contributed by atoms with Crippen molar-refractivity contribution in [1.82, 2.24) is 25.1 Å². The van der Waals surface area contributed by atoms with Crippen molar-refractivity contribution < 1.29 is 14.0 Å². The van der Waals surface area contributed by atoms with Crippen molar-refractivity contribution in [3.8, 4) is 5.69 Å². The average molecular weight is 670 g/mol. The molecule has 3 aromatic carbocycles. The van der Waals surface area contributed by atoms with Gasteiger partial charge in [-0.25, -0.2) is 5.01 Å². The highest BCUT2D eigenvalue weighted by Gasteiger charge is 2.33. The van der Waals surface area contributed by atoms with Crippen LogP contribution in [0.3, 0.4) is 0 Å². The molecule has 0 unspecified atom stereocenters. The van der Waals surface area contributed by atoms with Crippen LogP contribution in [0.2, 0.25) is 0 Å². The summed E-state index contributed by atoms with van der Waals surface area (Å²) in [5, 5.41) is 18.6. The van der Waals surface area contributed by atoms with Gasteiger partial charge in [0.15, 0.2) is 16.7 Å². The van der Waals surface area contributed by atoms with Crippen LogP contribution in [0.15, 0.2) is 110 Å². The third-order valence-electron chi connectivity index (χ3n) is 7.24. The van der Waals surface area contributed by atoms with E-state index in [0.29, 0.717) is 17.4 Å². The lowest BCUT2D eigenvalue weighted by Gasteiger charge is -2.22. The van der Waals surface area contributed by atoms with Crippen LogP contribution in [0.1, 0.15) is 51.1 Å². The Morgan fingerprint density at radius 3 is 2.50 bits per heavy atom. The minimum atomic E-state index is -0.353. The average Bonchev–Trinajstić information content (AvgIpc) is 3.80. The minimum Gasteiger partial charge on any atom is -0.459 e. The number of hydrogen-bond donors (Lipinski definition) is 1. The number of aryl methyl sites for hydroxylation is 2. The number of furan rings is 1. The van der Waals surface area contributed by atoms with Crippen LogP contribution in [-0.4, -0.2) is 43.1 Å². The van der Waals surface area contributed by atoms with Crippen LogP contribution in [0.4, 0.5) is 0 Å². The molecule has 0 radical (unpaired) electrons. The fourth-order valence-corrected chi connectivity index (χ4v) is 6.07. The number of rotatable bonds is 9. The highest BCUT2D eigenvalue weighted by molar-refractivity contribution is 9.10. The largest absolute Gasteiger partial charge is 0.459 e. The summed E-state index contributed by atoms with van der Waals surface area (Å²) < 4.78 is 8.06. The topological polar surface area (TPSA) is 106 Å². The zero-order chi connectivity index (χ0) is 30.6. The summed E-state index contributed by atoms with van der Waals surface area (Å²) in [6.45, 7) is 4.17. The molecule has 2 amide bonds. The minimum absolute atomic E-state index is 0.0994. The fraction of sp³-hybridized carbons (Fsp3) is 0.182. The third-order valence-corrected chi connectivity index (χ3v) is 8.68. The quantitative estimate of drug-likeness (QED) is 0.177. The van der Waals surface area contributed by atoms with Gasteiger partial charge in [0.25, 0.3) is 11.8 Å². The number of carbonyl (C=O) groups is 2. The molecule has 222 valence electrons. The molecule has 1 N–H and O–H groups in total. The number of aromatic nitrogens is 3. The molecule has 0 aliphatic carbocycles. The van der Waals surface area contributed by atoms with Crippen molar-refractivity contribution >= 4 is 45.2 Å². The van der Waals surface area contributed by atoms with Crippen LogP contribution in [-0.2, 0) is 11.3 Å². The van der Waals surface area contributed by atoms with Crippen LogP contribution >= 0.6 is 27.7 Å². The molecule has 0 saturated heterocycles. The fourth-order valence-electron chi connectivity index (χ4n) is 4.99. The molecule has 1 atom stereocenters. The van der Waals surface area contributed by atoms with Gasteiger partial charge in [0.1, 0.15) is 0 Å². The number of nitrogens with zero attached hydrogens (tertiary/aromatic N) is 5. The van der Waals surface area contributed by atoms with Crippen molar-refractivity contribution in [2.24, 2.45) is 5.10 Å². The number of halogens is 1. The number of hydrogen-bond acceptors (Lipinski definition) is 7. The molecule has 5 aromatic rings. The summed E-state index contributed by atoms with van der Waals surface area (Å²) in [5.41, 5.74) is 5.92. The van der Waals surface area contributed by atoms with E-state index in [2.05, 4.69) is 55.7 Å². The Morgan fingerprint density at radius 1 is 0.977 bits per heavy atom. The van der Waals surface area contributed by atoms with Gasteiger partial charge in [0, 0.05) is 16.6 Å². The Labute approximate surface area is 267 Å². The number of amides is 2. The molecule has 6 rings (SSSR count). The van der Waals surface area contributed by atoms with Gasteiger partial charge in [-0.15, -0.1) is 10.2 Å². The van der Waals surface area contributed by atoms with Crippen LogP contribution in [0.25, 0.3) is 5.69 Å². The highest BCUT2D eigenvalue weighted by atomic mass is 79.9. The first kappa shape index (κ1) is 29.6. The van der Waals surface area contributed by atoms with Gasteiger partial charge in [-0.3, -0.25) is 14.2 Å². The molecule has 0 saturated carbocycles. The second kappa shape index (κ2) is 13.0. The smallest absolute Gasteiger partial charge is 0.287 e. The summed E-state index contributed by atoms with van der Waals surface area (Å²) in [7, 11) is 0. The lowest BCUT2D eigenvalue weighted by atomic mass is 9.98. The summed E-state index contributed by atoms with van der Waals surface area (Å²) >= 11 is 4.78. The van der Waals surface area contributed by atoms with E-state index in [9.17, 15) is 9.59 Å². The Bertz CT molecular complexity index is 1820. The van der Waals surface area contributed by atoms with E-state index in [4.69, 9.17) is 9.52 Å². The zero-order valence-electron chi connectivity index (χ0n) is 24.1. The molecule has 44 heavy (non-hydrogen) atoms. The molecule has 2 aromatic heterocycles. The van der Waals surface area contributed by atoms with Crippen molar-refractivity contribution in [2.75, 3.05) is 5.75 Å². The molecular weight excluding hydrogens is 640 g/mol. The molecule has 0 spiro atoms. The predicted molar refractivity (Wildman–Crippen MR) is 173 cm³/mol. The monoisotopic (exact) mass is 668 g/mol. The summed E-state index contributed by atoms with van der Waals surface area (Å²) in [6, 6.07) is 27.2. The van der Waals surface area contributed by atoms with E-state index < -0.39 is 0 Å². The summed E-state index contributed by atoms with van der Waals surface area (Å²) in [5.74, 6) is 0.346. The maximum absolute atomic E-state index is 13.8. The number of thioether (sulfide) groups is 1. The molecule has 11 heteroatoms. The van der Waals surface area contributed by atoms with E-state index in [1.165, 1.54) is 18.0 Å². The summed E-state index contributed by atoms with van der Waals surface area (Å²) in [4.78, 5) is 26.4. The molecule has 3 heterocycles. The van der Waals surface area contributed by atoms with Crippen molar-refractivity contribution in [2.45, 2.75) is 38.0 Å². The lowest BCUT2D eigenvalue weighted by molar-refractivity contribution is -0.130. The zero-order valence-corrected chi connectivity index (χ0v) is 26.5. The Hall–Kier alpha value is -4.48. The van der Waals surface area contributed by atoms with E-state index in [0.717, 1.165) is 38.1 Å². The summed E-state index contributed by atoms with van der Waals surface area (Å²) in [6.07, 6.45) is 2.06. The van der Waals surface area contributed by atoms with Crippen LogP contribution in [0, 0.1) is 13.8 Å². The molecule has 1 aliphatic heterocycles. The first-order valence-corrected chi connectivity index (χ1v) is 15.8. The number of nitrogens with one attached hydrogen (secondary N) is 1. The normalized spacial score (nSPS) is 14.5. The van der Waals surface area contributed by atoms with E-state index in [1.54, 1.807) is 17.1 Å². The molecule has 9 nitrogen and oxygen atoms in total. The highest BCUT2D eigenvalue weighted by Crippen LogP contribution is 2.34. The molecule has 0 bridgehead atoms. The molecule has 0 fully saturated rings. The van der Waals surface area contributed by atoms with Gasteiger partial charge in [0.05, 0.1) is 30.3 Å². The maximum atomic E-state index is 13.8. The number of benzene rings is 3. The van der Waals surface area contributed by atoms with Gasteiger partial charge >= 0.3 is 0 Å². The van der Waals surface area contributed by atoms with Crippen LogP contribution < -0.4 is 5.32 Å². The van der Waals surface area contributed by atoms with Gasteiger partial charge in [-0.2, -0.15) is 5.10 Å². The van der Waals surface area contributed by atoms with Gasteiger partial charge in [0.2, 0.25) is 0 Å². The third kappa shape index (κ3) is 6.53. The number of carbonyl (C=O) groups excluding carboxylic acids is 2. The lowest BCUT2D eigenvalue weighted by Crippen LogP contribution is -2.28. The van der Waals surface area contributed by atoms with E-state index in [-0.39, 0.29) is 35.9 Å². The van der Waals surface area contributed by atoms with Gasteiger partial charge < -0.3 is 9.73 Å². The standard InChI is InChI=1S/C33H29BrN6O3S/c1-21-8-10-24(11-9-21)28-18-27(23-12-14-25(34)15-13-23)38-40(28)31(41)20-44-33-37-36-30(19-35-32(42)29-7-4-16-43-29)39(33)26-6-3-5-22(2)17-26/h3-17,28H,18-20H2,1-2H3,(H,35,42)/t28-/m0/s1. The Balaban J connectivity index is 1.25. The predicted octanol–water partition coefficient (Wildman–Crippen LogP) is 6.64. The molecule has 1 aliphatic rings. The second-order valence-corrected chi connectivity index (χ2v) is 12.3. The second-order valence-electron chi connectivity index (χ2n) is 10.4. The molecular formula is C33H29BrN6O3S.